The maximum absolute atomic E-state index is 14.2. The van der Waals surface area contributed by atoms with Crippen LogP contribution in [0.2, 0.25) is 0 Å². The lowest BCUT2D eigenvalue weighted by Crippen LogP contribution is -2.44. The van der Waals surface area contributed by atoms with Crippen LogP contribution in [-0.4, -0.2) is 36.0 Å². The molecule has 1 aliphatic rings. The van der Waals surface area contributed by atoms with E-state index in [1.54, 1.807) is 13.8 Å². The summed E-state index contributed by atoms with van der Waals surface area (Å²) < 4.78 is 45.8. The Kier molecular flexibility index (Phi) is 4.42. The van der Waals surface area contributed by atoms with Crippen molar-refractivity contribution in [1.29, 1.82) is 0 Å². The lowest BCUT2D eigenvalue weighted by Gasteiger charge is -2.34. The highest BCUT2D eigenvalue weighted by molar-refractivity contribution is 7.89. The average molecular weight is 368 g/mol. The zero-order valence-corrected chi connectivity index (χ0v) is 15.2. The Labute approximate surface area is 146 Å². The van der Waals surface area contributed by atoms with Crippen LogP contribution >= 0.6 is 0 Å². The minimum Gasteiger partial charge on any atom is -0.334 e. The Balaban J connectivity index is 2.01. The van der Waals surface area contributed by atoms with Crippen molar-refractivity contribution in [2.75, 3.05) is 7.05 Å². The summed E-state index contributed by atoms with van der Waals surface area (Å²) >= 11 is 0. The van der Waals surface area contributed by atoms with E-state index >= 15 is 0 Å². The standard InChI is InChI=1S/C16H21FN4O3S/c1-10(2)21(3)25(22,23)11-5-6-13(17)12(9-11)14-19-15(20-24-14)16(18)7-4-8-16/h5-6,9-10H,4,7-8,18H2,1-3H3. The molecule has 2 aromatic rings. The van der Waals surface area contributed by atoms with E-state index in [2.05, 4.69) is 10.1 Å². The molecule has 1 aromatic heterocycles. The van der Waals surface area contributed by atoms with Crippen LogP contribution in [0.15, 0.2) is 27.6 Å². The summed E-state index contributed by atoms with van der Waals surface area (Å²) in [6.07, 6.45) is 2.45. The minimum absolute atomic E-state index is 0.0362. The second-order valence-corrected chi connectivity index (χ2v) is 8.69. The molecule has 0 unspecified atom stereocenters. The molecule has 0 atom stereocenters. The van der Waals surface area contributed by atoms with E-state index in [-0.39, 0.29) is 22.4 Å². The van der Waals surface area contributed by atoms with Gasteiger partial charge in [-0.05, 0) is 51.3 Å². The van der Waals surface area contributed by atoms with Crippen LogP contribution in [0.5, 0.6) is 0 Å². The molecule has 9 heteroatoms. The van der Waals surface area contributed by atoms with Crippen molar-refractivity contribution in [2.45, 2.75) is 49.6 Å². The fourth-order valence-corrected chi connectivity index (χ4v) is 3.98. The van der Waals surface area contributed by atoms with E-state index in [4.69, 9.17) is 10.3 Å². The molecule has 1 saturated carbocycles. The summed E-state index contributed by atoms with van der Waals surface area (Å²) in [5.74, 6) is -0.393. The first-order chi connectivity index (χ1) is 11.6. The van der Waals surface area contributed by atoms with Gasteiger partial charge in [0.05, 0.1) is 16.0 Å². The molecule has 136 valence electrons. The fraction of sp³-hybridized carbons (Fsp3) is 0.500. The minimum atomic E-state index is -3.75. The summed E-state index contributed by atoms with van der Waals surface area (Å²) in [5.41, 5.74) is 5.45. The number of nitrogens with zero attached hydrogens (tertiary/aromatic N) is 3. The van der Waals surface area contributed by atoms with E-state index in [0.29, 0.717) is 5.82 Å². The summed E-state index contributed by atoms with van der Waals surface area (Å²) in [7, 11) is -2.27. The van der Waals surface area contributed by atoms with Crippen LogP contribution in [0.1, 0.15) is 38.9 Å². The number of aromatic nitrogens is 2. The van der Waals surface area contributed by atoms with Crippen LogP contribution in [-0.2, 0) is 15.6 Å². The van der Waals surface area contributed by atoms with Crippen molar-refractivity contribution < 1.29 is 17.3 Å². The van der Waals surface area contributed by atoms with E-state index in [1.807, 2.05) is 0 Å². The van der Waals surface area contributed by atoms with Gasteiger partial charge in [-0.3, -0.25) is 0 Å². The number of rotatable bonds is 5. The molecule has 3 rings (SSSR count). The third-order valence-electron chi connectivity index (χ3n) is 4.69. The van der Waals surface area contributed by atoms with Gasteiger partial charge in [-0.15, -0.1) is 0 Å². The Morgan fingerprint density at radius 3 is 2.60 bits per heavy atom. The van der Waals surface area contributed by atoms with Crippen LogP contribution in [0.25, 0.3) is 11.5 Å². The topological polar surface area (TPSA) is 102 Å². The van der Waals surface area contributed by atoms with Gasteiger partial charge < -0.3 is 10.3 Å². The molecule has 0 saturated heterocycles. The lowest BCUT2D eigenvalue weighted by molar-refractivity contribution is 0.229. The van der Waals surface area contributed by atoms with Crippen LogP contribution in [0, 0.1) is 5.82 Å². The summed E-state index contributed by atoms with van der Waals surface area (Å²) in [4.78, 5) is 4.15. The van der Waals surface area contributed by atoms with Gasteiger partial charge >= 0.3 is 0 Å². The molecule has 1 aliphatic carbocycles. The monoisotopic (exact) mass is 368 g/mol. The molecular formula is C16H21FN4O3S. The van der Waals surface area contributed by atoms with Crippen molar-refractivity contribution in [3.63, 3.8) is 0 Å². The Bertz CT molecular complexity index is 891. The van der Waals surface area contributed by atoms with Crippen molar-refractivity contribution in [3.05, 3.63) is 29.8 Å². The number of hydrogen-bond donors (Lipinski definition) is 1. The van der Waals surface area contributed by atoms with Gasteiger partial charge in [0.2, 0.25) is 10.0 Å². The van der Waals surface area contributed by atoms with E-state index in [0.717, 1.165) is 25.3 Å². The number of halogens is 1. The second kappa shape index (κ2) is 6.15. The second-order valence-electron chi connectivity index (χ2n) is 6.69. The van der Waals surface area contributed by atoms with Gasteiger partial charge in [0.15, 0.2) is 5.82 Å². The van der Waals surface area contributed by atoms with Gasteiger partial charge in [0, 0.05) is 13.1 Å². The number of nitrogens with two attached hydrogens (primary N) is 1. The van der Waals surface area contributed by atoms with Gasteiger partial charge in [0.1, 0.15) is 5.82 Å². The smallest absolute Gasteiger partial charge is 0.261 e. The third-order valence-corrected chi connectivity index (χ3v) is 6.72. The molecule has 1 fully saturated rings. The van der Waals surface area contributed by atoms with Gasteiger partial charge in [-0.2, -0.15) is 9.29 Å². The lowest BCUT2D eigenvalue weighted by atomic mass is 9.77. The predicted octanol–water partition coefficient (Wildman–Crippen LogP) is 2.24. The fourth-order valence-electron chi connectivity index (χ4n) is 2.59. The van der Waals surface area contributed by atoms with Crippen LogP contribution < -0.4 is 5.73 Å². The number of sulfonamides is 1. The van der Waals surface area contributed by atoms with Gasteiger partial charge in [-0.1, -0.05) is 5.16 Å². The van der Waals surface area contributed by atoms with Crippen molar-refractivity contribution in [1.82, 2.24) is 14.4 Å². The zero-order chi connectivity index (χ0) is 18.4. The molecule has 1 aromatic carbocycles. The number of hydrogen-bond acceptors (Lipinski definition) is 6. The highest BCUT2D eigenvalue weighted by atomic mass is 32.2. The van der Waals surface area contributed by atoms with Crippen molar-refractivity contribution in [3.8, 4) is 11.5 Å². The molecule has 0 bridgehead atoms. The highest BCUT2D eigenvalue weighted by Gasteiger charge is 2.39. The average Bonchev–Trinajstić information content (AvgIpc) is 3.02. The Morgan fingerprint density at radius 1 is 1.36 bits per heavy atom. The number of benzene rings is 1. The van der Waals surface area contributed by atoms with Gasteiger partial charge in [0.25, 0.3) is 5.89 Å². The predicted molar refractivity (Wildman–Crippen MR) is 89.5 cm³/mol. The van der Waals surface area contributed by atoms with Crippen molar-refractivity contribution >= 4 is 10.0 Å². The van der Waals surface area contributed by atoms with Gasteiger partial charge in [-0.25, -0.2) is 12.8 Å². The molecule has 0 spiro atoms. The maximum atomic E-state index is 14.2. The van der Waals surface area contributed by atoms with E-state index in [1.165, 1.54) is 23.5 Å². The Hall–Kier alpha value is -1.84. The first-order valence-corrected chi connectivity index (χ1v) is 9.50. The molecule has 0 amide bonds. The van der Waals surface area contributed by atoms with Crippen LogP contribution in [0.4, 0.5) is 4.39 Å². The molecule has 2 N–H and O–H groups in total. The molecular weight excluding hydrogens is 347 g/mol. The van der Waals surface area contributed by atoms with E-state index < -0.39 is 21.4 Å². The summed E-state index contributed by atoms with van der Waals surface area (Å²) in [6, 6.07) is 3.29. The van der Waals surface area contributed by atoms with E-state index in [9.17, 15) is 12.8 Å². The van der Waals surface area contributed by atoms with Crippen molar-refractivity contribution in [2.24, 2.45) is 5.73 Å². The molecule has 1 heterocycles. The first-order valence-electron chi connectivity index (χ1n) is 8.06. The molecule has 0 aliphatic heterocycles. The molecule has 0 radical (unpaired) electrons. The quantitative estimate of drug-likeness (QED) is 0.868. The van der Waals surface area contributed by atoms with Crippen LogP contribution in [0.3, 0.4) is 0 Å². The SMILES string of the molecule is CC(C)N(C)S(=O)(=O)c1ccc(F)c(-c2nc(C3(N)CCC3)no2)c1. The molecule has 7 nitrogen and oxygen atoms in total. The Morgan fingerprint density at radius 2 is 2.04 bits per heavy atom. The normalized spacial score (nSPS) is 17.1. The highest BCUT2D eigenvalue weighted by Crippen LogP contribution is 2.38. The largest absolute Gasteiger partial charge is 0.334 e. The zero-order valence-electron chi connectivity index (χ0n) is 14.4. The summed E-state index contributed by atoms with van der Waals surface area (Å²) in [6.45, 7) is 3.51. The first kappa shape index (κ1) is 18.0. The molecule has 25 heavy (non-hydrogen) atoms. The third kappa shape index (κ3) is 3.07. The maximum Gasteiger partial charge on any atom is 0.261 e. The summed E-state index contributed by atoms with van der Waals surface area (Å²) in [5, 5.41) is 3.84.